The third-order valence-electron chi connectivity index (χ3n) is 3.59. The largest absolute Gasteiger partial charge is 0.457 e. The average Bonchev–Trinajstić information content (AvgIpc) is 3.00. The molecule has 4 nitrogen and oxygen atoms in total. The van der Waals surface area contributed by atoms with Crippen LogP contribution in [0.5, 0.6) is 0 Å². The number of benzene rings is 1. The van der Waals surface area contributed by atoms with Gasteiger partial charge in [0.05, 0.1) is 6.54 Å². The first kappa shape index (κ1) is 15.6. The third-order valence-corrected chi connectivity index (χ3v) is 4.51. The monoisotopic (exact) mass is 305 g/mol. The molecule has 1 aliphatic rings. The predicted octanol–water partition coefficient (Wildman–Crippen LogP) is 1.22. The topological polar surface area (TPSA) is 40.6 Å². The average molecular weight is 305 g/mol. The van der Waals surface area contributed by atoms with Gasteiger partial charge in [-0.3, -0.25) is 9.59 Å². The molecule has 0 aromatic heterocycles. The molecule has 1 fully saturated rings. The lowest BCUT2D eigenvalue weighted by molar-refractivity contribution is -0.130. The summed E-state index contributed by atoms with van der Waals surface area (Å²) in [7, 11) is 1.29. The van der Waals surface area contributed by atoms with Gasteiger partial charge in [0.1, 0.15) is 0 Å². The fraction of sp³-hybridized carbons (Fsp3) is 0.375. The second-order valence-electron chi connectivity index (χ2n) is 5.27. The molecule has 0 spiro atoms. The van der Waals surface area contributed by atoms with Gasteiger partial charge in [-0.05, 0) is 18.9 Å². The first-order chi connectivity index (χ1) is 9.99. The maximum absolute atomic E-state index is 12.4. The Morgan fingerprint density at radius 3 is 2.57 bits per heavy atom. The number of amides is 2. The maximum Gasteiger partial charge on any atom is 0.254 e. The summed E-state index contributed by atoms with van der Waals surface area (Å²) in [5.74, 6) is 7.65. The predicted molar refractivity (Wildman–Crippen MR) is 89.1 cm³/mol. The zero-order valence-corrected chi connectivity index (χ0v) is 13.2. The lowest BCUT2D eigenvalue weighted by Gasteiger charge is -2.22. The molecule has 5 heteroatoms. The number of hydrogen-bond acceptors (Lipinski definition) is 3. The summed E-state index contributed by atoms with van der Waals surface area (Å²) in [5, 5.41) is 0. The quantitative estimate of drug-likeness (QED) is 0.620. The van der Waals surface area contributed by atoms with Crippen LogP contribution in [0.15, 0.2) is 29.2 Å². The Balaban J connectivity index is 2.04. The van der Waals surface area contributed by atoms with E-state index in [4.69, 9.17) is 0 Å². The number of rotatable bonds is 4. The Morgan fingerprint density at radius 2 is 1.95 bits per heavy atom. The Kier molecular flexibility index (Phi) is 5.07. The van der Waals surface area contributed by atoms with Gasteiger partial charge in [0.2, 0.25) is 5.91 Å². The fourth-order valence-electron chi connectivity index (χ4n) is 2.37. The van der Waals surface area contributed by atoms with E-state index in [0.29, 0.717) is 5.56 Å². The standard InChI is InChI=1S/C16H21N2O2S/c1-17(12-15(19)18-9-4-5-10-18)16(20)13-7-6-8-14(11-13)21(2)3/h6-8,11H,2-5,9-10,12H2,1H3/q-1. The molecule has 2 rings (SSSR count). The van der Waals surface area contributed by atoms with Gasteiger partial charge in [-0.15, -0.1) is 4.90 Å². The fourth-order valence-corrected chi connectivity index (χ4v) is 2.93. The lowest BCUT2D eigenvalue weighted by Crippen LogP contribution is -2.39. The number of likely N-dealkylation sites (N-methyl/N-ethyl adjacent to an activating group) is 1. The van der Waals surface area contributed by atoms with Crippen LogP contribution in [0, 0.1) is 0 Å². The smallest absolute Gasteiger partial charge is 0.254 e. The van der Waals surface area contributed by atoms with Gasteiger partial charge in [0.25, 0.3) is 5.91 Å². The first-order valence-corrected chi connectivity index (χ1v) is 8.52. The summed E-state index contributed by atoms with van der Waals surface area (Å²) in [5.41, 5.74) is 0.578. The lowest BCUT2D eigenvalue weighted by atomic mass is 10.2. The summed E-state index contributed by atoms with van der Waals surface area (Å²) in [6.07, 6.45) is 2.11. The van der Waals surface area contributed by atoms with Crippen LogP contribution in [0.1, 0.15) is 23.2 Å². The molecule has 2 amide bonds. The van der Waals surface area contributed by atoms with E-state index in [-0.39, 0.29) is 28.4 Å². The van der Waals surface area contributed by atoms with Crippen molar-refractivity contribution < 1.29 is 9.59 Å². The highest BCUT2D eigenvalue weighted by Gasteiger charge is 2.21. The molecule has 0 atom stereocenters. The van der Waals surface area contributed by atoms with Gasteiger partial charge in [0.15, 0.2) is 0 Å². The van der Waals surface area contributed by atoms with Gasteiger partial charge in [0, 0.05) is 25.7 Å². The molecule has 21 heavy (non-hydrogen) atoms. The first-order valence-electron chi connectivity index (χ1n) is 6.96. The maximum atomic E-state index is 12.4. The van der Waals surface area contributed by atoms with Crippen molar-refractivity contribution in [3.8, 4) is 0 Å². The minimum Gasteiger partial charge on any atom is -0.457 e. The normalized spacial score (nSPS) is 14.5. The van der Waals surface area contributed by atoms with Crippen LogP contribution in [0.2, 0.25) is 0 Å². The van der Waals surface area contributed by atoms with Crippen LogP contribution in [-0.2, 0) is 14.9 Å². The minimum absolute atomic E-state index is 0.0218. The summed E-state index contributed by atoms with van der Waals surface area (Å²) in [4.78, 5) is 28.7. The highest BCUT2D eigenvalue weighted by atomic mass is 32.2. The molecule has 0 aliphatic carbocycles. The molecular weight excluding hydrogens is 284 g/mol. The summed E-state index contributed by atoms with van der Waals surface area (Å²) in [6.45, 7) is 1.74. The summed E-state index contributed by atoms with van der Waals surface area (Å²) in [6, 6.07) is 7.31. The highest BCUT2D eigenvalue weighted by Crippen LogP contribution is 2.11. The van der Waals surface area contributed by atoms with Crippen LogP contribution in [0.4, 0.5) is 0 Å². The molecule has 1 aromatic carbocycles. The van der Waals surface area contributed by atoms with Crippen molar-refractivity contribution in [2.75, 3.05) is 26.7 Å². The van der Waals surface area contributed by atoms with Crippen LogP contribution < -0.4 is 0 Å². The van der Waals surface area contributed by atoms with Crippen LogP contribution >= 0.6 is 0 Å². The molecule has 114 valence electrons. The van der Waals surface area contributed by atoms with E-state index in [2.05, 4.69) is 11.7 Å². The zero-order chi connectivity index (χ0) is 15.4. The van der Waals surface area contributed by atoms with Gasteiger partial charge in [-0.2, -0.15) is 0 Å². The van der Waals surface area contributed by atoms with Crippen molar-refractivity contribution in [3.63, 3.8) is 0 Å². The van der Waals surface area contributed by atoms with E-state index >= 15 is 0 Å². The molecule has 0 bridgehead atoms. The van der Waals surface area contributed by atoms with Crippen molar-refractivity contribution in [1.82, 2.24) is 9.80 Å². The molecule has 0 N–H and O–H groups in total. The molecule has 1 aromatic rings. The van der Waals surface area contributed by atoms with Crippen molar-refractivity contribution in [2.45, 2.75) is 17.7 Å². The van der Waals surface area contributed by atoms with Crippen LogP contribution in [0.25, 0.3) is 0 Å². The number of likely N-dealkylation sites (tertiary alicyclic amines) is 1. The van der Waals surface area contributed by atoms with E-state index < -0.39 is 0 Å². The van der Waals surface area contributed by atoms with E-state index in [0.717, 1.165) is 30.8 Å². The molecule has 0 radical (unpaired) electrons. The van der Waals surface area contributed by atoms with Gasteiger partial charge in [-0.1, -0.05) is 18.2 Å². The summed E-state index contributed by atoms with van der Waals surface area (Å²) >= 11 is 0. The zero-order valence-electron chi connectivity index (χ0n) is 12.4. The third kappa shape index (κ3) is 3.88. The second-order valence-corrected chi connectivity index (χ2v) is 6.73. The van der Waals surface area contributed by atoms with Crippen LogP contribution in [-0.4, -0.2) is 60.0 Å². The van der Waals surface area contributed by atoms with Crippen molar-refractivity contribution >= 4 is 33.6 Å². The number of carbonyl (C=O) groups excluding carboxylic acids is 2. The SMILES string of the molecule is C=[S-](=C)c1cccc(C(=O)N(C)CC(=O)N2CCCC2)c1. The van der Waals surface area contributed by atoms with Crippen molar-refractivity contribution in [2.24, 2.45) is 0 Å². The Labute approximate surface area is 127 Å². The Hall–Kier alpha value is -1.75. The van der Waals surface area contributed by atoms with E-state index in [1.807, 2.05) is 23.1 Å². The number of hydrogen-bond donors (Lipinski definition) is 0. The highest BCUT2D eigenvalue weighted by molar-refractivity contribution is 7.91. The minimum atomic E-state index is -0.378. The Bertz CT molecular complexity index is 608. The van der Waals surface area contributed by atoms with E-state index in [1.165, 1.54) is 4.90 Å². The number of carbonyl (C=O) groups is 2. The molecule has 1 heterocycles. The molecular formula is C16H21N2O2S-. The summed E-state index contributed by atoms with van der Waals surface area (Å²) < 4.78 is 0. The van der Waals surface area contributed by atoms with E-state index in [9.17, 15) is 9.59 Å². The molecule has 0 saturated carbocycles. The van der Waals surface area contributed by atoms with Gasteiger partial charge in [-0.25, -0.2) is 11.7 Å². The van der Waals surface area contributed by atoms with E-state index in [1.54, 1.807) is 13.1 Å². The van der Waals surface area contributed by atoms with Crippen LogP contribution in [0.3, 0.4) is 0 Å². The second kappa shape index (κ2) is 6.80. The van der Waals surface area contributed by atoms with Crippen molar-refractivity contribution in [1.29, 1.82) is 0 Å². The molecule has 0 unspecified atom stereocenters. The molecule has 1 saturated heterocycles. The van der Waals surface area contributed by atoms with Gasteiger partial charge >= 0.3 is 0 Å². The number of nitrogens with zero attached hydrogens (tertiary/aromatic N) is 2. The van der Waals surface area contributed by atoms with Crippen molar-refractivity contribution in [3.05, 3.63) is 29.8 Å². The van der Waals surface area contributed by atoms with Gasteiger partial charge < -0.3 is 19.9 Å². The molecule has 1 aliphatic heterocycles. The Morgan fingerprint density at radius 1 is 1.29 bits per heavy atom.